The molecule has 0 radical (unpaired) electrons. The Bertz CT molecular complexity index is 1420. The van der Waals surface area contributed by atoms with Gasteiger partial charge in [0.05, 0.1) is 37.1 Å². The van der Waals surface area contributed by atoms with Crippen molar-refractivity contribution < 1.29 is 23.7 Å². The molecule has 174 valence electrons. The number of aromatic nitrogens is 3. The van der Waals surface area contributed by atoms with Gasteiger partial charge < -0.3 is 14.8 Å². The molecule has 0 atom stereocenters. The van der Waals surface area contributed by atoms with E-state index in [0.29, 0.717) is 28.7 Å². The SMILES string of the molecule is COC(=O)C1CCC(/C=[N+]2\C=c3cc(C(=O)Nc4cnc5cccnn45)c(OC)cc3=N2)CC1. The maximum absolute atomic E-state index is 13.1. The van der Waals surface area contributed by atoms with Gasteiger partial charge in [0.25, 0.3) is 5.91 Å². The monoisotopic (exact) mass is 461 g/mol. The zero-order chi connectivity index (χ0) is 23.7. The summed E-state index contributed by atoms with van der Waals surface area (Å²) in [5.41, 5.74) is 1.02. The van der Waals surface area contributed by atoms with Gasteiger partial charge in [-0.15, -0.1) is 0 Å². The highest BCUT2D eigenvalue weighted by molar-refractivity contribution is 6.05. The van der Waals surface area contributed by atoms with E-state index >= 15 is 0 Å². The molecule has 1 fully saturated rings. The van der Waals surface area contributed by atoms with Gasteiger partial charge in [0.1, 0.15) is 11.1 Å². The van der Waals surface area contributed by atoms with Crippen molar-refractivity contribution in [1.82, 2.24) is 14.6 Å². The average Bonchev–Trinajstić information content (AvgIpc) is 3.46. The number of imidazole rings is 1. The number of nitrogens with one attached hydrogen (secondary N) is 1. The van der Waals surface area contributed by atoms with E-state index in [0.717, 1.165) is 36.3 Å². The molecule has 34 heavy (non-hydrogen) atoms. The van der Waals surface area contributed by atoms with Gasteiger partial charge in [0.15, 0.2) is 17.7 Å². The van der Waals surface area contributed by atoms with Crippen LogP contribution in [0.3, 0.4) is 0 Å². The number of nitrogens with zero attached hydrogens (tertiary/aromatic N) is 5. The van der Waals surface area contributed by atoms with E-state index in [4.69, 9.17) is 9.47 Å². The molecule has 1 aromatic carbocycles. The lowest BCUT2D eigenvalue weighted by Gasteiger charge is -2.22. The van der Waals surface area contributed by atoms with Crippen LogP contribution in [0.4, 0.5) is 5.82 Å². The first-order chi connectivity index (χ1) is 16.6. The molecule has 10 nitrogen and oxygen atoms in total. The Labute approximate surface area is 195 Å². The van der Waals surface area contributed by atoms with Crippen LogP contribution in [-0.2, 0) is 9.53 Å². The molecule has 0 saturated heterocycles. The number of amides is 1. The summed E-state index contributed by atoms with van der Waals surface area (Å²) in [5.74, 6) is 0.747. The third-order valence-electron chi connectivity index (χ3n) is 6.28. The van der Waals surface area contributed by atoms with Crippen molar-refractivity contribution in [2.45, 2.75) is 25.7 Å². The maximum atomic E-state index is 13.1. The Morgan fingerprint density at radius 3 is 2.79 bits per heavy atom. The molecule has 1 amide bonds. The number of fused-ring (bicyclic) bond motifs is 2. The maximum Gasteiger partial charge on any atom is 0.308 e. The van der Waals surface area contributed by atoms with Crippen LogP contribution in [0.5, 0.6) is 5.75 Å². The third-order valence-corrected chi connectivity index (χ3v) is 6.28. The molecule has 0 spiro atoms. The number of hydrogen-bond acceptors (Lipinski definition) is 7. The summed E-state index contributed by atoms with van der Waals surface area (Å²) in [6, 6.07) is 7.12. The Kier molecular flexibility index (Phi) is 5.79. The van der Waals surface area contributed by atoms with Crippen molar-refractivity contribution in [3.8, 4) is 5.75 Å². The van der Waals surface area contributed by atoms with Gasteiger partial charge in [-0.3, -0.25) is 9.59 Å². The molecule has 1 aliphatic carbocycles. The smallest absolute Gasteiger partial charge is 0.308 e. The second-order valence-corrected chi connectivity index (χ2v) is 8.40. The summed E-state index contributed by atoms with van der Waals surface area (Å²) in [4.78, 5) is 29.1. The van der Waals surface area contributed by atoms with E-state index in [9.17, 15) is 9.59 Å². The van der Waals surface area contributed by atoms with Gasteiger partial charge in [-0.2, -0.15) is 9.61 Å². The molecule has 3 heterocycles. The van der Waals surface area contributed by atoms with Crippen LogP contribution in [0.15, 0.2) is 41.8 Å². The van der Waals surface area contributed by atoms with Gasteiger partial charge in [0, 0.05) is 23.3 Å². The molecular weight excluding hydrogens is 436 g/mol. The normalized spacial score (nSPS) is 20.4. The number of ether oxygens (including phenoxy) is 2. The molecule has 0 bridgehead atoms. The lowest BCUT2D eigenvalue weighted by atomic mass is 9.82. The van der Waals surface area contributed by atoms with Crippen molar-refractivity contribution in [2.75, 3.05) is 19.5 Å². The molecule has 10 heteroatoms. The summed E-state index contributed by atoms with van der Waals surface area (Å²) in [6.45, 7) is 0. The topological polar surface area (TPSA) is 110 Å². The number of carbonyl (C=O) groups excluding carboxylic acids is 2. The third kappa shape index (κ3) is 4.14. The molecule has 1 saturated carbocycles. The predicted molar refractivity (Wildman–Crippen MR) is 123 cm³/mol. The number of esters is 1. The van der Waals surface area contributed by atoms with Crippen molar-refractivity contribution in [1.29, 1.82) is 0 Å². The first-order valence-corrected chi connectivity index (χ1v) is 11.2. The second-order valence-electron chi connectivity index (χ2n) is 8.40. The highest BCUT2D eigenvalue weighted by atomic mass is 16.5. The largest absolute Gasteiger partial charge is 0.496 e. The van der Waals surface area contributed by atoms with E-state index in [1.165, 1.54) is 14.2 Å². The van der Waals surface area contributed by atoms with Gasteiger partial charge in [-0.05, 0) is 43.9 Å². The quantitative estimate of drug-likeness (QED) is 0.454. The van der Waals surface area contributed by atoms with Crippen LogP contribution in [-0.4, -0.2) is 51.6 Å². The number of methoxy groups -OCH3 is 2. The van der Waals surface area contributed by atoms with E-state index in [2.05, 4.69) is 26.7 Å². The van der Waals surface area contributed by atoms with Crippen LogP contribution in [0, 0.1) is 11.8 Å². The lowest BCUT2D eigenvalue weighted by Crippen LogP contribution is -2.25. The van der Waals surface area contributed by atoms with Crippen LogP contribution >= 0.6 is 0 Å². The fourth-order valence-corrected chi connectivity index (χ4v) is 4.48. The van der Waals surface area contributed by atoms with Crippen molar-refractivity contribution in [3.63, 3.8) is 0 Å². The zero-order valence-electron chi connectivity index (χ0n) is 19.0. The van der Waals surface area contributed by atoms with E-state index in [1.54, 1.807) is 39.8 Å². The van der Waals surface area contributed by atoms with Crippen molar-refractivity contribution >= 4 is 35.8 Å². The number of hydrogen-bond donors (Lipinski definition) is 1. The fraction of sp³-hybridized carbons (Fsp3) is 0.333. The Morgan fingerprint density at radius 1 is 1.21 bits per heavy atom. The summed E-state index contributed by atoms with van der Waals surface area (Å²) in [5, 5.41) is 13.3. The highest BCUT2D eigenvalue weighted by Crippen LogP contribution is 2.28. The van der Waals surface area contributed by atoms with Crippen LogP contribution in [0.1, 0.15) is 36.0 Å². The molecule has 2 aromatic heterocycles. The average molecular weight is 462 g/mol. The van der Waals surface area contributed by atoms with E-state index in [1.807, 2.05) is 12.3 Å². The van der Waals surface area contributed by atoms with E-state index in [-0.39, 0.29) is 17.8 Å². The summed E-state index contributed by atoms with van der Waals surface area (Å²) < 4.78 is 13.7. The minimum atomic E-state index is -0.330. The Hall–Kier alpha value is -4.08. The van der Waals surface area contributed by atoms with Gasteiger partial charge >= 0.3 is 5.97 Å². The van der Waals surface area contributed by atoms with Crippen molar-refractivity contribution in [2.24, 2.45) is 16.9 Å². The number of rotatable bonds is 5. The Balaban J connectivity index is 1.37. The number of benzene rings is 1. The fourth-order valence-electron chi connectivity index (χ4n) is 4.48. The molecular formula is C24H25N6O4+. The summed E-state index contributed by atoms with van der Waals surface area (Å²) in [7, 11) is 2.96. The lowest BCUT2D eigenvalue weighted by molar-refractivity contribution is -0.424. The number of carbonyl (C=O) groups is 2. The van der Waals surface area contributed by atoms with Gasteiger partial charge in [-0.1, -0.05) is 4.68 Å². The minimum Gasteiger partial charge on any atom is -0.496 e. The molecule has 1 aliphatic heterocycles. The molecule has 1 N–H and O–H groups in total. The zero-order valence-corrected chi connectivity index (χ0v) is 19.0. The molecule has 0 unspecified atom stereocenters. The van der Waals surface area contributed by atoms with E-state index < -0.39 is 0 Å². The predicted octanol–water partition coefficient (Wildman–Crippen LogP) is 1.34. The number of anilines is 1. The molecule has 5 rings (SSSR count). The van der Waals surface area contributed by atoms with Crippen LogP contribution < -0.4 is 20.6 Å². The first kappa shape index (κ1) is 21.7. The second kappa shape index (κ2) is 9.05. The highest BCUT2D eigenvalue weighted by Gasteiger charge is 2.28. The summed E-state index contributed by atoms with van der Waals surface area (Å²) in [6.07, 6.45) is 10.6. The molecule has 3 aromatic rings. The van der Waals surface area contributed by atoms with Gasteiger partial charge in [-0.25, -0.2) is 4.98 Å². The van der Waals surface area contributed by atoms with Crippen LogP contribution in [0.25, 0.3) is 11.8 Å². The summed E-state index contributed by atoms with van der Waals surface area (Å²) >= 11 is 0. The van der Waals surface area contributed by atoms with Crippen molar-refractivity contribution in [3.05, 3.63) is 52.8 Å². The van der Waals surface area contributed by atoms with Crippen LogP contribution in [0.2, 0.25) is 0 Å². The first-order valence-electron chi connectivity index (χ1n) is 11.2. The Morgan fingerprint density at radius 2 is 2.03 bits per heavy atom. The molecule has 2 aliphatic rings. The van der Waals surface area contributed by atoms with Gasteiger partial charge in [0.2, 0.25) is 6.20 Å². The minimum absolute atomic E-state index is 0.0141. The standard InChI is InChI=1S/C24H24N6O4/c1-33-20-11-19-17(14-29(28-19)13-15-5-7-16(8-6-15)24(32)34-2)10-18(20)23(31)27-22-12-25-21-4-3-9-26-30(21)22/h3-4,9-16H,5-8H2,1-2H3/p+1/b29-13+.